The second-order valence-electron chi connectivity index (χ2n) is 4.62. The molecule has 0 saturated heterocycles. The van der Waals surface area contributed by atoms with Crippen molar-refractivity contribution in [3.8, 4) is 0 Å². The summed E-state index contributed by atoms with van der Waals surface area (Å²) in [5.41, 5.74) is 0. The maximum absolute atomic E-state index is 11.9. The fourth-order valence-electron chi connectivity index (χ4n) is 1.26. The van der Waals surface area contributed by atoms with Crippen LogP contribution in [-0.4, -0.2) is 31.1 Å². The van der Waals surface area contributed by atoms with E-state index in [1.165, 1.54) is 0 Å². The Kier molecular flexibility index (Phi) is 6.50. The highest BCUT2D eigenvalue weighted by atomic mass is 32.2. The van der Waals surface area contributed by atoms with Gasteiger partial charge in [-0.05, 0) is 6.42 Å². The average molecular weight is 320 g/mol. The molecule has 1 amide bonds. The van der Waals surface area contributed by atoms with E-state index in [0.29, 0.717) is 6.54 Å². The van der Waals surface area contributed by atoms with Crippen molar-refractivity contribution in [2.75, 3.05) is 11.9 Å². The Morgan fingerprint density at radius 1 is 1.30 bits per heavy atom. The molecule has 0 aromatic carbocycles. The predicted molar refractivity (Wildman–Crippen MR) is 78.1 cm³/mol. The topological polar surface area (TPSA) is 101 Å². The van der Waals surface area contributed by atoms with Crippen molar-refractivity contribution in [3.05, 3.63) is 0 Å². The minimum absolute atomic E-state index is 0.131. The quantitative estimate of drug-likeness (QED) is 0.559. The molecule has 1 aromatic heterocycles. The lowest BCUT2D eigenvalue weighted by Gasteiger charge is -2.03. The molecule has 0 radical (unpaired) electrons. The number of amides is 1. The van der Waals surface area contributed by atoms with Crippen molar-refractivity contribution in [1.82, 2.24) is 14.9 Å². The fraction of sp³-hybridized carbons (Fsp3) is 0.727. The van der Waals surface area contributed by atoms with E-state index in [2.05, 4.69) is 20.2 Å². The van der Waals surface area contributed by atoms with E-state index in [1.54, 1.807) is 13.8 Å². The molecule has 0 unspecified atom stereocenters. The summed E-state index contributed by atoms with van der Waals surface area (Å²) in [7, 11) is -3.63. The van der Waals surface area contributed by atoms with Crippen molar-refractivity contribution in [1.29, 1.82) is 0 Å². The van der Waals surface area contributed by atoms with Gasteiger partial charge in [0.2, 0.25) is 15.4 Å². The van der Waals surface area contributed by atoms with Gasteiger partial charge in [0.25, 0.3) is 10.0 Å². The molecule has 1 heterocycles. The van der Waals surface area contributed by atoms with Crippen LogP contribution in [0.3, 0.4) is 0 Å². The molecule has 114 valence electrons. The summed E-state index contributed by atoms with van der Waals surface area (Å²) in [6, 6.07) is 0. The highest BCUT2D eigenvalue weighted by Gasteiger charge is 2.20. The maximum Gasteiger partial charge on any atom is 0.269 e. The smallest absolute Gasteiger partial charge is 0.269 e. The van der Waals surface area contributed by atoms with Gasteiger partial charge in [0.05, 0.1) is 0 Å². The standard InChI is InChI=1S/C11H20N4O3S2/c1-4-5-6-7-12-20(17,18)11-15-14-10(19-11)13-9(16)8(2)3/h8,12H,4-7H2,1-3H3,(H,13,14,16). The normalized spacial score (nSPS) is 11.8. The predicted octanol–water partition coefficient (Wildman–Crippen LogP) is 1.60. The van der Waals surface area contributed by atoms with Crippen LogP contribution in [0.5, 0.6) is 0 Å². The third kappa shape index (κ3) is 5.14. The molecule has 0 saturated carbocycles. The summed E-state index contributed by atoms with van der Waals surface area (Å²) in [5.74, 6) is -0.424. The van der Waals surface area contributed by atoms with Crippen molar-refractivity contribution >= 4 is 32.4 Å². The van der Waals surface area contributed by atoms with Gasteiger partial charge in [-0.15, -0.1) is 10.2 Å². The Balaban J connectivity index is 2.63. The van der Waals surface area contributed by atoms with Crippen LogP contribution in [0.2, 0.25) is 0 Å². The lowest BCUT2D eigenvalue weighted by molar-refractivity contribution is -0.118. The van der Waals surface area contributed by atoms with Gasteiger partial charge >= 0.3 is 0 Å². The zero-order chi connectivity index (χ0) is 15.2. The lowest BCUT2D eigenvalue weighted by atomic mass is 10.2. The zero-order valence-corrected chi connectivity index (χ0v) is 13.5. The number of sulfonamides is 1. The molecule has 0 aliphatic rings. The Labute approximate surface area is 123 Å². The van der Waals surface area contributed by atoms with Gasteiger partial charge in [0.15, 0.2) is 0 Å². The fourth-order valence-corrected chi connectivity index (χ4v) is 3.28. The van der Waals surface area contributed by atoms with E-state index in [9.17, 15) is 13.2 Å². The molecule has 1 rings (SSSR count). The molecule has 0 aliphatic heterocycles. The van der Waals surface area contributed by atoms with Crippen molar-refractivity contribution in [2.24, 2.45) is 5.92 Å². The van der Waals surface area contributed by atoms with Gasteiger partial charge in [-0.2, -0.15) is 0 Å². The molecule has 0 bridgehead atoms. The van der Waals surface area contributed by atoms with Crippen LogP contribution in [0.4, 0.5) is 5.13 Å². The molecule has 0 fully saturated rings. The summed E-state index contributed by atoms with van der Waals surface area (Å²) in [5, 5.41) is 9.99. The number of anilines is 1. The van der Waals surface area contributed by atoms with Gasteiger partial charge in [-0.3, -0.25) is 4.79 Å². The van der Waals surface area contributed by atoms with Crippen LogP contribution in [0.1, 0.15) is 40.0 Å². The number of unbranched alkanes of at least 4 members (excludes halogenated alkanes) is 2. The first-order chi connectivity index (χ1) is 9.36. The Morgan fingerprint density at radius 3 is 2.60 bits per heavy atom. The maximum atomic E-state index is 11.9. The van der Waals surface area contributed by atoms with Crippen LogP contribution in [0, 0.1) is 5.92 Å². The van der Waals surface area contributed by atoms with Crippen LogP contribution in [0.25, 0.3) is 0 Å². The molecule has 1 aromatic rings. The molecule has 0 spiro atoms. The number of hydrogen-bond donors (Lipinski definition) is 2. The van der Waals surface area contributed by atoms with Gasteiger partial charge in [-0.1, -0.05) is 44.9 Å². The molecule has 7 nitrogen and oxygen atoms in total. The highest BCUT2D eigenvalue weighted by Crippen LogP contribution is 2.20. The van der Waals surface area contributed by atoms with E-state index in [1.807, 2.05) is 6.92 Å². The number of carbonyl (C=O) groups is 1. The summed E-state index contributed by atoms with van der Waals surface area (Å²) in [4.78, 5) is 11.5. The third-order valence-corrected chi connectivity index (χ3v) is 5.13. The molecular weight excluding hydrogens is 300 g/mol. The summed E-state index contributed by atoms with van der Waals surface area (Å²) in [6.45, 7) is 5.90. The second-order valence-corrected chi connectivity index (χ2v) is 7.54. The monoisotopic (exact) mass is 320 g/mol. The number of hydrogen-bond acceptors (Lipinski definition) is 6. The molecular formula is C11H20N4O3S2. The van der Waals surface area contributed by atoms with E-state index in [4.69, 9.17) is 0 Å². The number of carbonyl (C=O) groups excluding carboxylic acids is 1. The largest absolute Gasteiger partial charge is 0.300 e. The summed E-state index contributed by atoms with van der Waals surface area (Å²) < 4.78 is 26.2. The summed E-state index contributed by atoms with van der Waals surface area (Å²) >= 11 is 0.845. The number of nitrogens with one attached hydrogen (secondary N) is 2. The number of rotatable bonds is 8. The summed E-state index contributed by atoms with van der Waals surface area (Å²) in [6.07, 6.45) is 2.77. The third-order valence-electron chi connectivity index (χ3n) is 2.46. The van der Waals surface area contributed by atoms with Gasteiger partial charge in [-0.25, -0.2) is 13.1 Å². The van der Waals surface area contributed by atoms with Gasteiger partial charge in [0, 0.05) is 12.5 Å². The first-order valence-corrected chi connectivity index (χ1v) is 8.80. The van der Waals surface area contributed by atoms with E-state index in [-0.39, 0.29) is 21.3 Å². The molecule has 0 atom stereocenters. The Morgan fingerprint density at radius 2 is 2.00 bits per heavy atom. The minimum Gasteiger partial charge on any atom is -0.300 e. The van der Waals surface area contributed by atoms with Crippen molar-refractivity contribution in [2.45, 2.75) is 44.4 Å². The van der Waals surface area contributed by atoms with Crippen LogP contribution in [0.15, 0.2) is 4.34 Å². The van der Waals surface area contributed by atoms with Crippen LogP contribution < -0.4 is 10.0 Å². The van der Waals surface area contributed by atoms with Crippen molar-refractivity contribution in [3.63, 3.8) is 0 Å². The van der Waals surface area contributed by atoms with Crippen LogP contribution >= 0.6 is 11.3 Å². The van der Waals surface area contributed by atoms with Crippen molar-refractivity contribution < 1.29 is 13.2 Å². The number of nitrogens with zero attached hydrogens (tertiary/aromatic N) is 2. The van der Waals surface area contributed by atoms with Crippen LogP contribution in [-0.2, 0) is 14.8 Å². The molecule has 20 heavy (non-hydrogen) atoms. The van der Waals surface area contributed by atoms with E-state index in [0.717, 1.165) is 30.6 Å². The van der Waals surface area contributed by atoms with Gasteiger partial charge in [0.1, 0.15) is 0 Å². The molecule has 2 N–H and O–H groups in total. The zero-order valence-electron chi connectivity index (χ0n) is 11.8. The van der Waals surface area contributed by atoms with Gasteiger partial charge < -0.3 is 5.32 Å². The van der Waals surface area contributed by atoms with E-state index >= 15 is 0 Å². The Bertz CT molecular complexity index is 540. The Hall–Kier alpha value is -1.06. The lowest BCUT2D eigenvalue weighted by Crippen LogP contribution is -2.24. The SMILES string of the molecule is CCCCCNS(=O)(=O)c1nnc(NC(=O)C(C)C)s1. The van der Waals surface area contributed by atoms with E-state index < -0.39 is 10.0 Å². The molecule has 0 aliphatic carbocycles. The molecule has 9 heteroatoms. The highest BCUT2D eigenvalue weighted by molar-refractivity contribution is 7.91. The second kappa shape index (κ2) is 7.65. The first-order valence-electron chi connectivity index (χ1n) is 6.51. The average Bonchev–Trinajstić information content (AvgIpc) is 2.84. The first kappa shape index (κ1) is 17.0. The minimum atomic E-state index is -3.63. The number of aromatic nitrogens is 2.